The minimum Gasteiger partial charge on any atom is -0.376 e. The van der Waals surface area contributed by atoms with Gasteiger partial charge in [0.25, 0.3) is 11.8 Å². The summed E-state index contributed by atoms with van der Waals surface area (Å²) in [6.07, 6.45) is 0. The van der Waals surface area contributed by atoms with E-state index in [1.165, 1.54) is 13.8 Å². The van der Waals surface area contributed by atoms with Gasteiger partial charge in [-0.15, -0.1) is 0 Å². The molecule has 4 aromatic carbocycles. The van der Waals surface area contributed by atoms with Crippen LogP contribution in [0.1, 0.15) is 73.7 Å². The average molecular weight is 641 g/mol. The van der Waals surface area contributed by atoms with Gasteiger partial charge in [0.05, 0.1) is 34.2 Å². The molecule has 0 spiro atoms. The molecule has 6 aromatic rings. The van der Waals surface area contributed by atoms with E-state index in [0.717, 1.165) is 22.2 Å². The van der Waals surface area contributed by atoms with E-state index >= 15 is 0 Å². The molecule has 48 heavy (non-hydrogen) atoms. The van der Waals surface area contributed by atoms with Gasteiger partial charge in [0.1, 0.15) is 11.6 Å². The highest BCUT2D eigenvalue weighted by molar-refractivity contribution is 5.87. The lowest BCUT2D eigenvalue weighted by atomic mass is 9.95. The molecule has 6 rings (SSSR count). The molecule has 0 aliphatic heterocycles. The maximum Gasteiger partial charge on any atom is 0.256 e. The van der Waals surface area contributed by atoms with Crippen molar-refractivity contribution in [1.82, 2.24) is 30.6 Å². The smallest absolute Gasteiger partial charge is 0.256 e. The molecule has 2 heterocycles. The molecule has 0 saturated carbocycles. The van der Waals surface area contributed by atoms with Crippen LogP contribution >= 0.6 is 0 Å². The number of hydrogen-bond acceptors (Lipinski definition) is 6. The molecule has 0 saturated heterocycles. The zero-order valence-corrected chi connectivity index (χ0v) is 27.0. The van der Waals surface area contributed by atoms with Crippen molar-refractivity contribution in [2.75, 3.05) is 0 Å². The van der Waals surface area contributed by atoms with Crippen LogP contribution in [-0.2, 0) is 20.8 Å². The largest absolute Gasteiger partial charge is 0.376 e. The van der Waals surface area contributed by atoms with Gasteiger partial charge in [0, 0.05) is 11.1 Å². The second-order valence-corrected chi connectivity index (χ2v) is 12.2. The Bertz CT molecular complexity index is 2020. The van der Waals surface area contributed by atoms with E-state index in [1.807, 2.05) is 48.5 Å². The zero-order chi connectivity index (χ0) is 34.1. The maximum absolute atomic E-state index is 12.9. The van der Waals surface area contributed by atoms with Gasteiger partial charge < -0.3 is 30.8 Å². The van der Waals surface area contributed by atoms with E-state index in [9.17, 15) is 19.8 Å². The summed E-state index contributed by atoms with van der Waals surface area (Å²) in [6, 6.07) is 27.9. The molecular weight excluding hydrogens is 604 g/mol. The number of nitrogens with zero attached hydrogens (tertiary/aromatic N) is 2. The lowest BCUT2D eigenvalue weighted by molar-refractivity contribution is -0.140. The summed E-state index contributed by atoms with van der Waals surface area (Å²) in [4.78, 5) is 41.7. The number of aromatic amines is 2. The van der Waals surface area contributed by atoms with Crippen molar-refractivity contribution >= 4 is 33.9 Å². The quantitative estimate of drug-likeness (QED) is 0.129. The Morgan fingerprint density at radius 2 is 1.02 bits per heavy atom. The van der Waals surface area contributed by atoms with E-state index < -0.39 is 35.1 Å². The van der Waals surface area contributed by atoms with E-state index in [2.05, 4.69) is 42.4 Å². The third-order valence-corrected chi connectivity index (χ3v) is 8.43. The Morgan fingerprint density at radius 3 is 1.40 bits per heavy atom. The molecule has 242 valence electrons. The first-order valence-corrected chi connectivity index (χ1v) is 15.6. The number of carbonyl (C=O) groups excluding carboxylic acids is 2. The summed E-state index contributed by atoms with van der Waals surface area (Å²) in [5.41, 5.74) is 2.12. The number of benzene rings is 4. The summed E-state index contributed by atoms with van der Waals surface area (Å²) in [5.74, 6) is 6.44. The summed E-state index contributed by atoms with van der Waals surface area (Å²) in [7, 11) is 0. The van der Waals surface area contributed by atoms with E-state index in [4.69, 9.17) is 0 Å². The second kappa shape index (κ2) is 12.8. The van der Waals surface area contributed by atoms with Crippen molar-refractivity contribution in [1.29, 1.82) is 0 Å². The third-order valence-electron chi connectivity index (χ3n) is 8.43. The minimum absolute atomic E-state index is 0.479. The summed E-state index contributed by atoms with van der Waals surface area (Å²) >= 11 is 0. The van der Waals surface area contributed by atoms with Crippen molar-refractivity contribution in [3.05, 3.63) is 131 Å². The van der Waals surface area contributed by atoms with Crippen LogP contribution in [0.5, 0.6) is 0 Å². The molecule has 0 unspecified atom stereocenters. The van der Waals surface area contributed by atoms with Gasteiger partial charge in [-0.3, -0.25) is 9.59 Å². The Labute approximate surface area is 277 Å². The van der Waals surface area contributed by atoms with Crippen LogP contribution < -0.4 is 10.6 Å². The number of imidazole rings is 2. The molecular formula is C38H36N6O4. The highest BCUT2D eigenvalue weighted by atomic mass is 16.3. The highest BCUT2D eigenvalue weighted by Crippen LogP contribution is 2.25. The Hall–Kier alpha value is -5.76. The van der Waals surface area contributed by atoms with Crippen LogP contribution in [0.25, 0.3) is 22.1 Å². The van der Waals surface area contributed by atoms with E-state index in [-0.39, 0.29) is 0 Å². The zero-order valence-electron chi connectivity index (χ0n) is 27.0. The van der Waals surface area contributed by atoms with Gasteiger partial charge >= 0.3 is 0 Å². The molecule has 0 bridgehead atoms. The molecule has 2 amide bonds. The summed E-state index contributed by atoms with van der Waals surface area (Å²) < 4.78 is 0. The molecule has 6 N–H and O–H groups in total. The summed E-state index contributed by atoms with van der Waals surface area (Å²) in [5, 5.41) is 27.4. The van der Waals surface area contributed by atoms with Crippen LogP contribution in [0.4, 0.5) is 0 Å². The Kier molecular flexibility index (Phi) is 8.58. The average Bonchev–Trinajstić information content (AvgIpc) is 3.72. The van der Waals surface area contributed by atoms with Gasteiger partial charge in [0.2, 0.25) is 0 Å². The van der Waals surface area contributed by atoms with Gasteiger partial charge in [0.15, 0.2) is 11.2 Å². The molecule has 10 nitrogen and oxygen atoms in total. The van der Waals surface area contributed by atoms with Crippen LogP contribution in [0.2, 0.25) is 0 Å². The normalized spacial score (nSPS) is 15.0. The number of aliphatic hydroxyl groups is 2. The highest BCUT2D eigenvalue weighted by Gasteiger charge is 2.34. The second-order valence-electron chi connectivity index (χ2n) is 12.2. The first-order chi connectivity index (χ1) is 22.9. The lowest BCUT2D eigenvalue weighted by Crippen LogP contribution is -2.43. The molecule has 0 radical (unpaired) electrons. The summed E-state index contributed by atoms with van der Waals surface area (Å²) in [6.45, 7) is 6.54. The fourth-order valence-corrected chi connectivity index (χ4v) is 5.36. The van der Waals surface area contributed by atoms with Crippen LogP contribution in [0.3, 0.4) is 0 Å². The van der Waals surface area contributed by atoms with Gasteiger partial charge in [-0.2, -0.15) is 0 Å². The molecule has 0 fully saturated rings. The van der Waals surface area contributed by atoms with Crippen LogP contribution in [0.15, 0.2) is 97.1 Å². The van der Waals surface area contributed by atoms with Crippen molar-refractivity contribution in [2.24, 2.45) is 0 Å². The van der Waals surface area contributed by atoms with Crippen LogP contribution in [0, 0.1) is 11.8 Å². The molecule has 2 aromatic heterocycles. The SMILES string of the molecule is C[C@H](NC(=O)[C@@](C)(O)c1ccccc1)c1nc2cc(C#Cc3ccc4[nH]c([C@H](C)NC(=O)[C@@](C)(O)c5ccccc5)nc4c3)ccc2[nH]1. The van der Waals surface area contributed by atoms with E-state index in [0.29, 0.717) is 33.8 Å². The van der Waals surface area contributed by atoms with Crippen molar-refractivity contribution in [3.63, 3.8) is 0 Å². The van der Waals surface area contributed by atoms with Crippen LogP contribution in [-0.4, -0.2) is 42.0 Å². The topological polar surface area (TPSA) is 156 Å². The maximum atomic E-state index is 12.9. The fourth-order valence-electron chi connectivity index (χ4n) is 5.36. The number of carbonyl (C=O) groups is 2. The third kappa shape index (κ3) is 6.55. The first-order valence-electron chi connectivity index (χ1n) is 15.6. The Morgan fingerprint density at radius 1 is 0.646 bits per heavy atom. The van der Waals surface area contributed by atoms with Gasteiger partial charge in [-0.25, -0.2) is 9.97 Å². The fraction of sp³-hybridized carbons (Fsp3) is 0.211. The lowest BCUT2D eigenvalue weighted by Gasteiger charge is -2.24. The van der Waals surface area contributed by atoms with Crippen molar-refractivity contribution in [2.45, 2.75) is 51.0 Å². The molecule has 0 aliphatic carbocycles. The number of hydrogen-bond donors (Lipinski definition) is 6. The number of aromatic nitrogens is 4. The number of rotatable bonds is 8. The van der Waals surface area contributed by atoms with E-state index in [1.54, 1.807) is 62.4 Å². The van der Waals surface area contributed by atoms with Crippen molar-refractivity contribution in [3.8, 4) is 11.8 Å². The number of nitrogens with one attached hydrogen (secondary N) is 4. The Balaban J connectivity index is 1.13. The standard InChI is InChI=1S/C38H36N6O4/c1-23(39-35(45)37(3,47)27-11-7-5-8-12-27)33-41-29-19-17-25(21-31(29)43-33)15-16-26-18-20-30-32(22-26)44-34(42-30)24(2)40-36(46)38(4,48)28-13-9-6-10-14-28/h5-14,17-24,47-48H,1-4H3,(H,39,45)(H,40,46)(H,41,43)(H,42,44)/t23-,24-,37-,38-/m0/s1. The van der Waals surface area contributed by atoms with Crippen molar-refractivity contribution < 1.29 is 19.8 Å². The monoisotopic (exact) mass is 640 g/mol. The molecule has 4 atom stereocenters. The molecule has 10 heteroatoms. The van der Waals surface area contributed by atoms with Gasteiger partial charge in [-0.05, 0) is 75.2 Å². The number of fused-ring (bicyclic) bond motifs is 2. The number of amides is 2. The first kappa shape index (κ1) is 32.2. The number of H-pyrrole nitrogens is 2. The predicted molar refractivity (Wildman–Crippen MR) is 183 cm³/mol. The minimum atomic E-state index is -1.69. The predicted octanol–water partition coefficient (Wildman–Crippen LogP) is 5.01. The van der Waals surface area contributed by atoms with Gasteiger partial charge in [-0.1, -0.05) is 72.5 Å². The molecule has 0 aliphatic rings.